The summed E-state index contributed by atoms with van der Waals surface area (Å²) in [6.07, 6.45) is 6.13. The Morgan fingerprint density at radius 3 is 2.61 bits per heavy atom. The van der Waals surface area contributed by atoms with Crippen molar-refractivity contribution in [3.8, 4) is 17.0 Å². The Morgan fingerprint density at radius 2 is 1.89 bits per heavy atom. The molecule has 4 unspecified atom stereocenters. The average Bonchev–Trinajstić information content (AvgIpc) is 3.37. The van der Waals surface area contributed by atoms with Crippen molar-refractivity contribution >= 4 is 11.6 Å². The number of rotatable bonds is 6. The van der Waals surface area contributed by atoms with Gasteiger partial charge in [0.05, 0.1) is 30.7 Å². The SMILES string of the molecule is CC1CC(N)CC(c2ccncc2NC(=O)c2ccc(F)c(-c3c(F)cc(OC4CCOC4)cc3F)n2)C1. The molecular formula is C28H29F3N4O3. The number of nitrogens with two attached hydrogens (primary N) is 1. The molecule has 2 aliphatic rings. The highest BCUT2D eigenvalue weighted by molar-refractivity contribution is 6.03. The van der Waals surface area contributed by atoms with Gasteiger partial charge < -0.3 is 20.5 Å². The maximum Gasteiger partial charge on any atom is 0.274 e. The molecule has 1 amide bonds. The minimum absolute atomic E-state index is 0.0330. The number of benzene rings is 1. The first-order chi connectivity index (χ1) is 18.3. The van der Waals surface area contributed by atoms with Gasteiger partial charge in [0.25, 0.3) is 5.91 Å². The fraction of sp³-hybridized carbons (Fsp3) is 0.393. The van der Waals surface area contributed by atoms with E-state index in [9.17, 15) is 18.0 Å². The third-order valence-electron chi connectivity index (χ3n) is 7.04. The van der Waals surface area contributed by atoms with Crippen LogP contribution in [0.4, 0.5) is 18.9 Å². The lowest BCUT2D eigenvalue weighted by Gasteiger charge is -2.32. The van der Waals surface area contributed by atoms with Crippen molar-refractivity contribution in [1.82, 2.24) is 9.97 Å². The number of halogens is 3. The number of nitrogens with zero attached hydrogens (tertiary/aromatic N) is 2. The molecule has 4 atom stereocenters. The van der Waals surface area contributed by atoms with Gasteiger partial charge in [0.1, 0.15) is 40.7 Å². The predicted octanol–water partition coefficient (Wildman–Crippen LogP) is 5.21. The first-order valence-electron chi connectivity index (χ1n) is 12.7. The highest BCUT2D eigenvalue weighted by atomic mass is 19.1. The van der Waals surface area contributed by atoms with Crippen LogP contribution in [0.1, 0.15) is 54.6 Å². The van der Waals surface area contributed by atoms with Crippen LogP contribution < -0.4 is 15.8 Å². The molecule has 1 saturated carbocycles. The van der Waals surface area contributed by atoms with Gasteiger partial charge >= 0.3 is 0 Å². The molecule has 1 aliphatic carbocycles. The van der Waals surface area contributed by atoms with Gasteiger partial charge in [0.2, 0.25) is 0 Å². The van der Waals surface area contributed by atoms with Crippen LogP contribution in [0, 0.1) is 23.4 Å². The third kappa shape index (κ3) is 5.66. The van der Waals surface area contributed by atoms with Crippen molar-refractivity contribution in [2.75, 3.05) is 18.5 Å². The molecule has 0 spiro atoms. The first-order valence-corrected chi connectivity index (χ1v) is 12.7. The maximum absolute atomic E-state index is 15.0. The van der Waals surface area contributed by atoms with Gasteiger partial charge in [-0.2, -0.15) is 0 Å². The molecule has 2 aromatic heterocycles. The number of carbonyl (C=O) groups is 1. The summed E-state index contributed by atoms with van der Waals surface area (Å²) in [4.78, 5) is 21.2. The highest BCUT2D eigenvalue weighted by Gasteiger charge is 2.28. The van der Waals surface area contributed by atoms with Crippen LogP contribution in [0.5, 0.6) is 5.75 Å². The molecule has 3 heterocycles. The molecular weight excluding hydrogens is 497 g/mol. The lowest BCUT2D eigenvalue weighted by atomic mass is 9.76. The van der Waals surface area contributed by atoms with E-state index in [0.717, 1.165) is 49.1 Å². The smallest absolute Gasteiger partial charge is 0.274 e. The Hall–Kier alpha value is -3.50. The summed E-state index contributed by atoms with van der Waals surface area (Å²) in [6, 6.07) is 5.99. The summed E-state index contributed by atoms with van der Waals surface area (Å²) in [5.74, 6) is -3.19. The Kier molecular flexibility index (Phi) is 7.62. The van der Waals surface area contributed by atoms with E-state index in [-0.39, 0.29) is 29.5 Å². The Bertz CT molecular complexity index is 1300. The number of nitrogens with one attached hydrogen (secondary N) is 1. The number of pyridine rings is 2. The minimum atomic E-state index is -1.06. The fourth-order valence-electron chi connectivity index (χ4n) is 5.35. The summed E-state index contributed by atoms with van der Waals surface area (Å²) in [5, 5.41) is 2.78. The summed E-state index contributed by atoms with van der Waals surface area (Å²) < 4.78 is 55.4. The Morgan fingerprint density at radius 1 is 1.11 bits per heavy atom. The molecule has 1 saturated heterocycles. The second kappa shape index (κ2) is 11.1. The second-order valence-electron chi connectivity index (χ2n) is 10.1. The van der Waals surface area contributed by atoms with Gasteiger partial charge in [-0.05, 0) is 54.9 Å². The average molecular weight is 527 g/mol. The van der Waals surface area contributed by atoms with E-state index in [1.165, 1.54) is 6.20 Å². The van der Waals surface area contributed by atoms with Crippen molar-refractivity contribution < 1.29 is 27.4 Å². The lowest BCUT2D eigenvalue weighted by molar-refractivity contribution is 0.102. The van der Waals surface area contributed by atoms with Crippen molar-refractivity contribution in [1.29, 1.82) is 0 Å². The number of amides is 1. The summed E-state index contributed by atoms with van der Waals surface area (Å²) >= 11 is 0. The van der Waals surface area contributed by atoms with Crippen molar-refractivity contribution in [3.05, 3.63) is 71.4 Å². The van der Waals surface area contributed by atoms with Gasteiger partial charge in [0, 0.05) is 30.8 Å². The zero-order chi connectivity index (χ0) is 26.8. The molecule has 2 fully saturated rings. The quantitative estimate of drug-likeness (QED) is 0.458. The van der Waals surface area contributed by atoms with E-state index in [1.54, 1.807) is 6.20 Å². The standard InChI is InChI=1S/C28H29F3N4O3/c1-15-8-16(10-17(32)9-15)20-4-6-33-13-25(20)35-28(36)24-3-2-21(29)27(34-24)26-22(30)11-19(12-23(26)31)38-18-5-7-37-14-18/h2-4,6,11-13,15-18H,5,7-10,14,32H2,1H3,(H,35,36). The van der Waals surface area contributed by atoms with Crippen LogP contribution in [0.25, 0.3) is 11.3 Å². The number of hydrogen-bond donors (Lipinski definition) is 2. The number of aromatic nitrogens is 2. The molecule has 1 aliphatic heterocycles. The van der Waals surface area contributed by atoms with Gasteiger partial charge in [-0.1, -0.05) is 6.92 Å². The van der Waals surface area contributed by atoms with Crippen LogP contribution in [0.3, 0.4) is 0 Å². The van der Waals surface area contributed by atoms with Crippen molar-refractivity contribution in [2.24, 2.45) is 11.7 Å². The second-order valence-corrected chi connectivity index (χ2v) is 10.1. The van der Waals surface area contributed by atoms with Gasteiger partial charge in [-0.15, -0.1) is 0 Å². The number of anilines is 1. The number of carbonyl (C=O) groups excluding carboxylic acids is 1. The van der Waals surface area contributed by atoms with E-state index in [1.807, 2.05) is 6.07 Å². The minimum Gasteiger partial charge on any atom is -0.488 e. The predicted molar refractivity (Wildman–Crippen MR) is 135 cm³/mol. The van der Waals surface area contributed by atoms with Gasteiger partial charge in [-0.3, -0.25) is 9.78 Å². The normalized spacial score (nSPS) is 23.3. The van der Waals surface area contributed by atoms with E-state index in [4.69, 9.17) is 15.2 Å². The van der Waals surface area contributed by atoms with Crippen LogP contribution in [-0.4, -0.2) is 41.2 Å². The zero-order valence-electron chi connectivity index (χ0n) is 20.9. The highest BCUT2D eigenvalue weighted by Crippen LogP contribution is 2.38. The molecule has 7 nitrogen and oxygen atoms in total. The zero-order valence-corrected chi connectivity index (χ0v) is 20.9. The molecule has 10 heteroatoms. The van der Waals surface area contributed by atoms with Crippen LogP contribution in [-0.2, 0) is 4.74 Å². The molecule has 0 radical (unpaired) electrons. The van der Waals surface area contributed by atoms with E-state index >= 15 is 0 Å². The molecule has 38 heavy (non-hydrogen) atoms. The fourth-order valence-corrected chi connectivity index (χ4v) is 5.35. The van der Waals surface area contributed by atoms with Crippen molar-refractivity contribution in [3.63, 3.8) is 0 Å². The Labute approximate surface area is 218 Å². The molecule has 1 aromatic carbocycles. The summed E-state index contributed by atoms with van der Waals surface area (Å²) in [5.41, 5.74) is 6.13. The lowest BCUT2D eigenvalue weighted by Crippen LogP contribution is -2.31. The molecule has 3 N–H and O–H groups in total. The van der Waals surface area contributed by atoms with E-state index in [2.05, 4.69) is 22.2 Å². The van der Waals surface area contributed by atoms with E-state index < -0.39 is 34.6 Å². The maximum atomic E-state index is 15.0. The van der Waals surface area contributed by atoms with Crippen molar-refractivity contribution in [2.45, 2.75) is 50.7 Å². The topological polar surface area (TPSA) is 99.4 Å². The van der Waals surface area contributed by atoms with Gasteiger partial charge in [0.15, 0.2) is 0 Å². The van der Waals surface area contributed by atoms with E-state index in [0.29, 0.717) is 31.2 Å². The molecule has 5 rings (SSSR count). The van der Waals surface area contributed by atoms with Crippen LogP contribution in [0.2, 0.25) is 0 Å². The molecule has 0 bridgehead atoms. The monoisotopic (exact) mass is 526 g/mol. The summed E-state index contributed by atoms with van der Waals surface area (Å²) in [7, 11) is 0. The third-order valence-corrected chi connectivity index (χ3v) is 7.04. The molecule has 3 aromatic rings. The van der Waals surface area contributed by atoms with Gasteiger partial charge in [-0.25, -0.2) is 18.2 Å². The number of ether oxygens (including phenoxy) is 2. The Balaban J connectivity index is 1.40. The largest absolute Gasteiger partial charge is 0.488 e. The number of hydrogen-bond acceptors (Lipinski definition) is 6. The first kappa shape index (κ1) is 26.1. The molecule has 200 valence electrons. The van der Waals surface area contributed by atoms with Crippen LogP contribution >= 0.6 is 0 Å². The summed E-state index contributed by atoms with van der Waals surface area (Å²) in [6.45, 7) is 2.98. The van der Waals surface area contributed by atoms with Crippen LogP contribution in [0.15, 0.2) is 42.7 Å².